The lowest BCUT2D eigenvalue weighted by molar-refractivity contribution is -0.116. The molecular formula is C20H21BrFN5O. The Morgan fingerprint density at radius 1 is 1.36 bits per heavy atom. The summed E-state index contributed by atoms with van der Waals surface area (Å²) in [6.07, 6.45) is 6.97. The van der Waals surface area contributed by atoms with E-state index in [0.29, 0.717) is 24.2 Å². The van der Waals surface area contributed by atoms with Gasteiger partial charge < -0.3 is 5.32 Å². The molecule has 0 aliphatic carbocycles. The van der Waals surface area contributed by atoms with Crippen molar-refractivity contribution >= 4 is 27.9 Å². The monoisotopic (exact) mass is 445 g/mol. The van der Waals surface area contributed by atoms with Crippen LogP contribution in [0.15, 0.2) is 41.1 Å². The maximum Gasteiger partial charge on any atom is 0.244 e. The minimum Gasteiger partial charge on any atom is -0.352 e. The van der Waals surface area contributed by atoms with E-state index >= 15 is 0 Å². The maximum atomic E-state index is 14.3. The Balaban J connectivity index is 1.57. The van der Waals surface area contributed by atoms with E-state index in [4.69, 9.17) is 0 Å². The first-order chi connectivity index (χ1) is 13.3. The fourth-order valence-electron chi connectivity index (χ4n) is 2.97. The molecule has 0 aliphatic heterocycles. The van der Waals surface area contributed by atoms with Gasteiger partial charge in [0, 0.05) is 31.6 Å². The first kappa shape index (κ1) is 20.0. The molecule has 3 rings (SSSR count). The van der Waals surface area contributed by atoms with Gasteiger partial charge in [0.2, 0.25) is 5.91 Å². The van der Waals surface area contributed by atoms with Crippen molar-refractivity contribution in [2.24, 2.45) is 7.05 Å². The number of rotatable bonds is 6. The highest BCUT2D eigenvalue weighted by Gasteiger charge is 2.09. The molecule has 0 saturated heterocycles. The summed E-state index contributed by atoms with van der Waals surface area (Å²) in [6, 6.07) is 4.73. The fraction of sp³-hybridized carbons (Fsp3) is 0.250. The molecule has 0 saturated carbocycles. The molecule has 0 bridgehead atoms. The van der Waals surface area contributed by atoms with Crippen molar-refractivity contribution in [3.8, 4) is 5.69 Å². The van der Waals surface area contributed by atoms with E-state index in [0.717, 1.165) is 21.4 Å². The van der Waals surface area contributed by atoms with Crippen LogP contribution in [0.1, 0.15) is 22.5 Å². The standard InChI is InChI=1S/C20H21BrFN5O/c1-13-17(14(2)26(3)25-13)8-9-23-20(28)7-5-15-4-6-19(18(22)10-15)27-12-16(21)11-24-27/h4-7,10-12H,8-9H2,1-3H3,(H,23,28)/b7-5+. The van der Waals surface area contributed by atoms with Gasteiger partial charge in [-0.1, -0.05) is 6.07 Å². The van der Waals surface area contributed by atoms with Crippen LogP contribution in [0, 0.1) is 19.7 Å². The lowest BCUT2D eigenvalue weighted by Crippen LogP contribution is -2.23. The molecule has 1 aromatic carbocycles. The number of nitrogens with zero attached hydrogens (tertiary/aromatic N) is 4. The number of hydrogen-bond donors (Lipinski definition) is 1. The first-order valence-electron chi connectivity index (χ1n) is 8.80. The number of aromatic nitrogens is 4. The highest BCUT2D eigenvalue weighted by Crippen LogP contribution is 2.18. The van der Waals surface area contributed by atoms with E-state index in [1.807, 2.05) is 25.6 Å². The van der Waals surface area contributed by atoms with Gasteiger partial charge in [-0.3, -0.25) is 9.48 Å². The molecule has 0 atom stereocenters. The van der Waals surface area contributed by atoms with Gasteiger partial charge in [-0.05, 0) is 65.5 Å². The molecule has 0 unspecified atom stereocenters. The van der Waals surface area contributed by atoms with E-state index in [1.165, 1.54) is 16.8 Å². The van der Waals surface area contributed by atoms with Crippen LogP contribution >= 0.6 is 15.9 Å². The highest BCUT2D eigenvalue weighted by molar-refractivity contribution is 9.10. The Hall–Kier alpha value is -2.74. The summed E-state index contributed by atoms with van der Waals surface area (Å²) in [5, 5.41) is 11.3. The number of aryl methyl sites for hydroxylation is 2. The Bertz CT molecular complexity index is 1040. The third-order valence-electron chi connectivity index (χ3n) is 4.53. The average molecular weight is 446 g/mol. The summed E-state index contributed by atoms with van der Waals surface area (Å²) in [5.74, 6) is -0.639. The number of amides is 1. The van der Waals surface area contributed by atoms with Crippen molar-refractivity contribution in [3.05, 3.63) is 69.5 Å². The van der Waals surface area contributed by atoms with Crippen LogP contribution in [-0.2, 0) is 18.3 Å². The number of benzene rings is 1. The summed E-state index contributed by atoms with van der Waals surface area (Å²) >= 11 is 3.29. The van der Waals surface area contributed by atoms with Gasteiger partial charge in [0.25, 0.3) is 0 Å². The number of halogens is 2. The predicted octanol–water partition coefficient (Wildman–Crippen LogP) is 3.50. The second-order valence-corrected chi connectivity index (χ2v) is 7.38. The van der Waals surface area contributed by atoms with E-state index in [2.05, 4.69) is 31.4 Å². The highest BCUT2D eigenvalue weighted by atomic mass is 79.9. The van der Waals surface area contributed by atoms with Gasteiger partial charge in [0.15, 0.2) is 0 Å². The average Bonchev–Trinajstić information content (AvgIpc) is 3.18. The summed E-state index contributed by atoms with van der Waals surface area (Å²) in [6.45, 7) is 4.49. The van der Waals surface area contributed by atoms with Crippen LogP contribution in [0.4, 0.5) is 4.39 Å². The molecule has 0 radical (unpaired) electrons. The molecule has 2 aromatic heterocycles. The summed E-state index contributed by atoms with van der Waals surface area (Å²) in [5.41, 5.74) is 4.16. The minimum absolute atomic E-state index is 0.223. The molecule has 8 heteroatoms. The molecule has 3 aromatic rings. The molecule has 28 heavy (non-hydrogen) atoms. The van der Waals surface area contributed by atoms with Crippen LogP contribution in [-0.4, -0.2) is 32.0 Å². The second-order valence-electron chi connectivity index (χ2n) is 6.46. The van der Waals surface area contributed by atoms with Crippen LogP contribution in [0.3, 0.4) is 0 Å². The summed E-state index contributed by atoms with van der Waals surface area (Å²) < 4.78 is 18.4. The maximum absolute atomic E-state index is 14.3. The van der Waals surface area contributed by atoms with Gasteiger partial charge in [-0.15, -0.1) is 0 Å². The minimum atomic E-state index is -0.416. The van der Waals surface area contributed by atoms with Crippen molar-refractivity contribution in [3.63, 3.8) is 0 Å². The number of carbonyl (C=O) groups excluding carboxylic acids is 1. The Morgan fingerprint density at radius 2 is 2.14 bits per heavy atom. The number of nitrogens with one attached hydrogen (secondary N) is 1. The van der Waals surface area contributed by atoms with Crippen LogP contribution in [0.2, 0.25) is 0 Å². The molecule has 0 aliphatic rings. The molecule has 1 amide bonds. The lowest BCUT2D eigenvalue weighted by Gasteiger charge is -2.05. The van der Waals surface area contributed by atoms with E-state index in [9.17, 15) is 9.18 Å². The van der Waals surface area contributed by atoms with Gasteiger partial charge in [-0.2, -0.15) is 10.2 Å². The van der Waals surface area contributed by atoms with Gasteiger partial charge in [0.05, 0.1) is 16.4 Å². The zero-order chi connectivity index (χ0) is 20.3. The van der Waals surface area contributed by atoms with Gasteiger partial charge in [0.1, 0.15) is 11.5 Å². The van der Waals surface area contributed by atoms with Gasteiger partial charge >= 0.3 is 0 Å². The fourth-order valence-corrected chi connectivity index (χ4v) is 3.25. The van der Waals surface area contributed by atoms with E-state index < -0.39 is 5.82 Å². The smallest absolute Gasteiger partial charge is 0.244 e. The van der Waals surface area contributed by atoms with Crippen LogP contribution in [0.25, 0.3) is 11.8 Å². The van der Waals surface area contributed by atoms with Gasteiger partial charge in [-0.25, -0.2) is 9.07 Å². The lowest BCUT2D eigenvalue weighted by atomic mass is 10.1. The third-order valence-corrected chi connectivity index (χ3v) is 4.94. The van der Waals surface area contributed by atoms with Crippen molar-refractivity contribution in [1.29, 1.82) is 0 Å². The van der Waals surface area contributed by atoms with Crippen molar-refractivity contribution in [2.75, 3.05) is 6.54 Å². The predicted molar refractivity (Wildman–Crippen MR) is 110 cm³/mol. The van der Waals surface area contributed by atoms with E-state index in [1.54, 1.807) is 30.6 Å². The number of hydrogen-bond acceptors (Lipinski definition) is 3. The molecule has 2 heterocycles. The Labute approximate surface area is 171 Å². The largest absolute Gasteiger partial charge is 0.352 e. The molecule has 0 fully saturated rings. The van der Waals surface area contributed by atoms with Crippen molar-refractivity contribution in [1.82, 2.24) is 24.9 Å². The zero-order valence-electron chi connectivity index (χ0n) is 15.9. The summed E-state index contributed by atoms with van der Waals surface area (Å²) in [4.78, 5) is 12.0. The van der Waals surface area contributed by atoms with Crippen LogP contribution < -0.4 is 5.32 Å². The third kappa shape index (κ3) is 4.56. The van der Waals surface area contributed by atoms with Crippen molar-refractivity contribution in [2.45, 2.75) is 20.3 Å². The van der Waals surface area contributed by atoms with E-state index in [-0.39, 0.29) is 5.91 Å². The molecule has 1 N–H and O–H groups in total. The summed E-state index contributed by atoms with van der Waals surface area (Å²) in [7, 11) is 1.91. The van der Waals surface area contributed by atoms with Crippen LogP contribution in [0.5, 0.6) is 0 Å². The quantitative estimate of drug-likeness (QED) is 0.590. The molecule has 0 spiro atoms. The van der Waals surface area contributed by atoms with Crippen molar-refractivity contribution < 1.29 is 9.18 Å². The normalized spacial score (nSPS) is 11.3. The molecular weight excluding hydrogens is 425 g/mol. The SMILES string of the molecule is Cc1nn(C)c(C)c1CCNC(=O)/C=C/c1ccc(-n2cc(Br)cn2)c(F)c1. The number of carbonyl (C=O) groups is 1. The molecule has 146 valence electrons. The first-order valence-corrected chi connectivity index (χ1v) is 9.59. The Morgan fingerprint density at radius 3 is 2.75 bits per heavy atom. The Kier molecular flexibility index (Phi) is 6.08. The second kappa shape index (κ2) is 8.52. The molecule has 6 nitrogen and oxygen atoms in total. The topological polar surface area (TPSA) is 64.7 Å². The zero-order valence-corrected chi connectivity index (χ0v) is 17.5.